The Morgan fingerprint density at radius 3 is 2.50 bits per heavy atom. The maximum absolute atomic E-state index is 5.46. The molecule has 1 aromatic heterocycles. The Labute approximate surface area is 128 Å². The Morgan fingerprint density at radius 1 is 0.955 bits per heavy atom. The maximum atomic E-state index is 5.46. The van der Waals surface area contributed by atoms with Gasteiger partial charge < -0.3 is 14.8 Å². The molecule has 0 saturated carbocycles. The van der Waals surface area contributed by atoms with Crippen LogP contribution in [-0.4, -0.2) is 24.4 Å². The Morgan fingerprint density at radius 2 is 1.77 bits per heavy atom. The third kappa shape index (κ3) is 2.61. The fourth-order valence-electron chi connectivity index (χ4n) is 2.37. The minimum absolute atomic E-state index is 0.673. The van der Waals surface area contributed by atoms with Gasteiger partial charge in [-0.3, -0.25) is 5.10 Å². The summed E-state index contributed by atoms with van der Waals surface area (Å²) in [5.74, 6) is 1.36. The number of rotatable bonds is 5. The normalized spacial score (nSPS) is 10.3. The van der Waals surface area contributed by atoms with Gasteiger partial charge in [0.15, 0.2) is 11.5 Å². The smallest absolute Gasteiger partial charge is 0.184 e. The Bertz CT molecular complexity index is 754. The third-order valence-corrected chi connectivity index (χ3v) is 3.41. The Balaban J connectivity index is 2.01. The molecule has 0 saturated heterocycles. The van der Waals surface area contributed by atoms with Crippen molar-refractivity contribution in [3.05, 3.63) is 54.9 Å². The number of methoxy groups -OCH3 is 2. The van der Waals surface area contributed by atoms with E-state index < -0.39 is 0 Å². The summed E-state index contributed by atoms with van der Waals surface area (Å²) >= 11 is 0. The average Bonchev–Trinajstić information content (AvgIpc) is 3.09. The number of hydrogen-bond acceptors (Lipinski definition) is 4. The lowest BCUT2D eigenvalue weighted by Crippen LogP contribution is -1.98. The van der Waals surface area contributed by atoms with Crippen LogP contribution in [0.25, 0.3) is 11.1 Å². The van der Waals surface area contributed by atoms with Crippen molar-refractivity contribution in [1.29, 1.82) is 0 Å². The monoisotopic (exact) mass is 295 g/mol. The minimum Gasteiger partial charge on any atom is -0.493 e. The lowest BCUT2D eigenvalue weighted by Gasteiger charge is -2.16. The molecule has 0 radical (unpaired) electrons. The number of ether oxygens (including phenoxy) is 2. The van der Waals surface area contributed by atoms with Crippen LogP contribution in [0.1, 0.15) is 0 Å². The lowest BCUT2D eigenvalue weighted by molar-refractivity contribution is 0.356. The van der Waals surface area contributed by atoms with E-state index in [-0.39, 0.29) is 0 Å². The van der Waals surface area contributed by atoms with E-state index in [9.17, 15) is 0 Å². The zero-order chi connectivity index (χ0) is 15.4. The molecule has 0 fully saturated rings. The van der Waals surface area contributed by atoms with Crippen LogP contribution in [-0.2, 0) is 0 Å². The molecule has 0 aliphatic carbocycles. The first kappa shape index (κ1) is 14.0. The fraction of sp³-hybridized carbons (Fsp3) is 0.118. The molecule has 0 bridgehead atoms. The van der Waals surface area contributed by atoms with Gasteiger partial charge in [0.05, 0.1) is 26.1 Å². The molecule has 0 amide bonds. The zero-order valence-electron chi connectivity index (χ0n) is 12.5. The van der Waals surface area contributed by atoms with Crippen LogP contribution in [0.4, 0.5) is 11.4 Å². The van der Waals surface area contributed by atoms with Crippen molar-refractivity contribution in [3.63, 3.8) is 0 Å². The summed E-state index contributed by atoms with van der Waals surface area (Å²) in [4.78, 5) is 0. The highest BCUT2D eigenvalue weighted by Gasteiger charge is 2.12. The van der Waals surface area contributed by atoms with Crippen LogP contribution in [0.3, 0.4) is 0 Å². The molecule has 1 heterocycles. The molecule has 2 N–H and O–H groups in total. The number of aromatic nitrogens is 2. The highest BCUT2D eigenvalue weighted by Crippen LogP contribution is 2.38. The zero-order valence-corrected chi connectivity index (χ0v) is 12.5. The van der Waals surface area contributed by atoms with Gasteiger partial charge in [-0.05, 0) is 18.2 Å². The van der Waals surface area contributed by atoms with E-state index in [0.717, 1.165) is 22.5 Å². The first-order chi connectivity index (χ1) is 10.8. The summed E-state index contributed by atoms with van der Waals surface area (Å²) in [5, 5.41) is 10.3. The van der Waals surface area contributed by atoms with Crippen molar-refractivity contribution in [3.8, 4) is 22.6 Å². The molecule has 22 heavy (non-hydrogen) atoms. The van der Waals surface area contributed by atoms with E-state index in [4.69, 9.17) is 9.47 Å². The number of benzene rings is 2. The number of nitrogens with zero attached hydrogens (tertiary/aromatic N) is 1. The predicted octanol–water partition coefficient (Wildman–Crippen LogP) is 3.84. The van der Waals surface area contributed by atoms with E-state index in [1.807, 2.05) is 48.7 Å². The molecule has 0 aliphatic rings. The highest BCUT2D eigenvalue weighted by atomic mass is 16.5. The molecule has 112 valence electrons. The number of aromatic amines is 1. The molecule has 2 aromatic carbocycles. The lowest BCUT2D eigenvalue weighted by atomic mass is 10.1. The van der Waals surface area contributed by atoms with Gasteiger partial charge in [-0.15, -0.1) is 0 Å². The largest absolute Gasteiger partial charge is 0.493 e. The van der Waals surface area contributed by atoms with Crippen LogP contribution in [0.5, 0.6) is 11.5 Å². The highest BCUT2D eigenvalue weighted by molar-refractivity contribution is 5.82. The van der Waals surface area contributed by atoms with Crippen molar-refractivity contribution >= 4 is 11.4 Å². The van der Waals surface area contributed by atoms with Crippen LogP contribution < -0.4 is 14.8 Å². The number of H-pyrrole nitrogens is 1. The topological polar surface area (TPSA) is 59.2 Å². The van der Waals surface area contributed by atoms with Crippen LogP contribution in [0.2, 0.25) is 0 Å². The summed E-state index contributed by atoms with van der Waals surface area (Å²) in [6.45, 7) is 0. The summed E-state index contributed by atoms with van der Waals surface area (Å²) in [7, 11) is 3.26. The van der Waals surface area contributed by atoms with Gasteiger partial charge in [0.2, 0.25) is 0 Å². The summed E-state index contributed by atoms with van der Waals surface area (Å²) in [6.07, 6.45) is 3.66. The molecule has 0 spiro atoms. The van der Waals surface area contributed by atoms with Crippen molar-refractivity contribution < 1.29 is 9.47 Å². The van der Waals surface area contributed by atoms with E-state index >= 15 is 0 Å². The second-order valence-electron chi connectivity index (χ2n) is 4.70. The van der Waals surface area contributed by atoms with Crippen LogP contribution >= 0.6 is 0 Å². The first-order valence-electron chi connectivity index (χ1n) is 6.89. The SMILES string of the molecule is COc1cccc(Nc2ccccc2-c2cn[nH]c2)c1OC. The molecule has 0 unspecified atom stereocenters. The minimum atomic E-state index is 0.673. The molecule has 5 heteroatoms. The Kier molecular flexibility index (Phi) is 3.96. The van der Waals surface area contributed by atoms with Gasteiger partial charge in [0.1, 0.15) is 0 Å². The van der Waals surface area contributed by atoms with Gasteiger partial charge in [0.25, 0.3) is 0 Å². The predicted molar refractivity (Wildman–Crippen MR) is 86.9 cm³/mol. The Hall–Kier alpha value is -2.95. The number of nitrogens with one attached hydrogen (secondary N) is 2. The first-order valence-corrected chi connectivity index (χ1v) is 6.89. The van der Waals surface area contributed by atoms with Gasteiger partial charge in [-0.25, -0.2) is 0 Å². The quantitative estimate of drug-likeness (QED) is 0.751. The van der Waals surface area contributed by atoms with Crippen LogP contribution in [0.15, 0.2) is 54.9 Å². The average molecular weight is 295 g/mol. The van der Waals surface area contributed by atoms with Gasteiger partial charge in [0, 0.05) is 23.0 Å². The van der Waals surface area contributed by atoms with Gasteiger partial charge in [-0.2, -0.15) is 5.10 Å². The van der Waals surface area contributed by atoms with Crippen molar-refractivity contribution in [2.45, 2.75) is 0 Å². The maximum Gasteiger partial charge on any atom is 0.184 e. The van der Waals surface area contributed by atoms with E-state index in [2.05, 4.69) is 15.5 Å². The molecular formula is C17H17N3O2. The summed E-state index contributed by atoms with van der Waals surface area (Å²) < 4.78 is 10.8. The molecule has 3 rings (SSSR count). The molecular weight excluding hydrogens is 278 g/mol. The number of para-hydroxylation sites is 2. The van der Waals surface area contributed by atoms with Crippen molar-refractivity contribution in [2.24, 2.45) is 0 Å². The molecule has 0 aliphatic heterocycles. The third-order valence-electron chi connectivity index (χ3n) is 3.41. The second kappa shape index (κ2) is 6.22. The molecule has 5 nitrogen and oxygen atoms in total. The summed E-state index contributed by atoms with van der Waals surface area (Å²) in [6, 6.07) is 13.8. The van der Waals surface area contributed by atoms with Crippen molar-refractivity contribution in [1.82, 2.24) is 10.2 Å². The summed E-state index contributed by atoms with van der Waals surface area (Å²) in [5.41, 5.74) is 3.89. The number of hydrogen-bond donors (Lipinski definition) is 2. The van der Waals surface area contributed by atoms with Crippen molar-refractivity contribution in [2.75, 3.05) is 19.5 Å². The van der Waals surface area contributed by atoms with E-state index in [1.165, 1.54) is 0 Å². The van der Waals surface area contributed by atoms with Gasteiger partial charge in [-0.1, -0.05) is 24.3 Å². The second-order valence-corrected chi connectivity index (χ2v) is 4.70. The molecule has 0 atom stereocenters. The van der Waals surface area contributed by atoms with E-state index in [0.29, 0.717) is 11.5 Å². The number of anilines is 2. The van der Waals surface area contributed by atoms with Crippen LogP contribution in [0, 0.1) is 0 Å². The van der Waals surface area contributed by atoms with Gasteiger partial charge >= 0.3 is 0 Å². The standard InChI is InChI=1S/C17H17N3O2/c1-21-16-9-5-8-15(17(16)22-2)20-14-7-4-3-6-13(14)12-10-18-19-11-12/h3-11,20H,1-2H3,(H,18,19). The van der Waals surface area contributed by atoms with E-state index in [1.54, 1.807) is 20.4 Å². The molecule has 3 aromatic rings. The fourth-order valence-corrected chi connectivity index (χ4v) is 2.37.